The van der Waals surface area contributed by atoms with Gasteiger partial charge in [0.2, 0.25) is 0 Å². The van der Waals surface area contributed by atoms with E-state index >= 15 is 0 Å². The second-order valence-corrected chi connectivity index (χ2v) is 8.24. The van der Waals surface area contributed by atoms with Gasteiger partial charge < -0.3 is 4.43 Å². The number of rotatable bonds is 1. The molecule has 2 heteroatoms. The fraction of sp³-hybridized carbons (Fsp3) is 0.273. The van der Waals surface area contributed by atoms with Crippen LogP contribution in [0.4, 0.5) is 0 Å². The average Bonchev–Trinajstić information content (AvgIpc) is 2.04. The van der Waals surface area contributed by atoms with E-state index in [2.05, 4.69) is 31.7 Å². The molecule has 0 unspecified atom stereocenters. The third-order valence-electron chi connectivity index (χ3n) is 1.33. The van der Waals surface area contributed by atoms with Crippen LogP contribution in [-0.4, -0.2) is 8.32 Å². The highest BCUT2D eigenvalue weighted by atomic mass is 28.4. The van der Waals surface area contributed by atoms with Crippen LogP contribution in [0.15, 0.2) is 30.3 Å². The fourth-order valence-corrected chi connectivity index (χ4v) is 1.12. The lowest BCUT2D eigenvalue weighted by Crippen LogP contribution is -2.22. The Labute approximate surface area is 80.9 Å². The minimum absolute atomic E-state index is 1.00. The Hall–Kier alpha value is -1.20. The second-order valence-electron chi connectivity index (χ2n) is 3.81. The highest BCUT2D eigenvalue weighted by Gasteiger charge is 2.13. The van der Waals surface area contributed by atoms with Crippen molar-refractivity contribution >= 4 is 8.32 Å². The first-order valence-corrected chi connectivity index (χ1v) is 7.73. The fourth-order valence-electron chi connectivity index (χ4n) is 0.759. The lowest BCUT2D eigenvalue weighted by atomic mass is 10.2. The molecule has 0 fully saturated rings. The zero-order chi connectivity index (χ0) is 9.73. The van der Waals surface area contributed by atoms with E-state index in [-0.39, 0.29) is 0 Å². The summed E-state index contributed by atoms with van der Waals surface area (Å²) in [5, 5.41) is 0. The first-order valence-electron chi connectivity index (χ1n) is 4.32. The average molecular weight is 190 g/mol. The molecule has 0 heterocycles. The maximum absolute atomic E-state index is 5.41. The van der Waals surface area contributed by atoms with E-state index in [1.54, 1.807) is 0 Å². The van der Waals surface area contributed by atoms with Crippen LogP contribution >= 0.6 is 0 Å². The Kier molecular flexibility index (Phi) is 3.16. The molecule has 68 valence electrons. The van der Waals surface area contributed by atoms with Crippen molar-refractivity contribution in [2.75, 3.05) is 0 Å². The van der Waals surface area contributed by atoms with E-state index in [1.165, 1.54) is 0 Å². The standard InChI is InChI=1S/C11H14OSi/c1-13(2,3)12-10-9-11-7-5-4-6-8-11/h4-8H,1-3H3. The smallest absolute Gasteiger partial charge is 0.255 e. The monoisotopic (exact) mass is 190 g/mol. The first-order chi connectivity index (χ1) is 6.08. The van der Waals surface area contributed by atoms with Gasteiger partial charge in [-0.3, -0.25) is 0 Å². The number of hydrogen-bond donors (Lipinski definition) is 0. The molecule has 0 aliphatic rings. The number of hydrogen-bond acceptors (Lipinski definition) is 1. The van der Waals surface area contributed by atoms with E-state index in [4.69, 9.17) is 4.43 Å². The van der Waals surface area contributed by atoms with Crippen LogP contribution in [0.25, 0.3) is 0 Å². The van der Waals surface area contributed by atoms with Crippen LogP contribution in [0, 0.1) is 12.0 Å². The summed E-state index contributed by atoms with van der Waals surface area (Å²) >= 11 is 0. The Balaban J connectivity index is 2.59. The molecule has 0 amide bonds. The van der Waals surface area contributed by atoms with Gasteiger partial charge >= 0.3 is 0 Å². The normalized spacial score (nSPS) is 10.1. The van der Waals surface area contributed by atoms with E-state index in [1.807, 2.05) is 30.3 Å². The molecule has 0 bridgehead atoms. The molecular weight excluding hydrogens is 176 g/mol. The molecule has 0 atom stereocenters. The summed E-state index contributed by atoms with van der Waals surface area (Å²) in [6, 6.07) is 9.86. The summed E-state index contributed by atoms with van der Waals surface area (Å²) in [7, 11) is -1.48. The minimum Gasteiger partial charge on any atom is -0.501 e. The third-order valence-corrected chi connectivity index (χ3v) is 2.04. The molecule has 13 heavy (non-hydrogen) atoms. The van der Waals surface area contributed by atoms with Gasteiger partial charge in [-0.25, -0.2) is 0 Å². The van der Waals surface area contributed by atoms with E-state index in [0.29, 0.717) is 0 Å². The second kappa shape index (κ2) is 4.15. The van der Waals surface area contributed by atoms with Crippen molar-refractivity contribution in [3.05, 3.63) is 35.9 Å². The molecule has 0 saturated carbocycles. The quantitative estimate of drug-likeness (QED) is 0.489. The molecule has 0 aliphatic heterocycles. The molecule has 0 aliphatic carbocycles. The maximum Gasteiger partial charge on any atom is 0.255 e. The molecule has 1 nitrogen and oxygen atoms in total. The third kappa shape index (κ3) is 4.39. The molecule has 0 aromatic heterocycles. The van der Waals surface area contributed by atoms with Crippen molar-refractivity contribution in [2.45, 2.75) is 19.6 Å². The molecule has 1 aromatic carbocycles. The van der Waals surface area contributed by atoms with Gasteiger partial charge in [0.15, 0.2) is 0 Å². The van der Waals surface area contributed by atoms with Crippen molar-refractivity contribution in [3.63, 3.8) is 0 Å². The van der Waals surface area contributed by atoms with Crippen molar-refractivity contribution < 1.29 is 4.43 Å². The Morgan fingerprint density at radius 2 is 1.69 bits per heavy atom. The van der Waals surface area contributed by atoms with Crippen LogP contribution in [0.1, 0.15) is 5.56 Å². The van der Waals surface area contributed by atoms with Crippen molar-refractivity contribution in [3.8, 4) is 12.0 Å². The summed E-state index contributed by atoms with van der Waals surface area (Å²) in [5.74, 6) is 2.96. The summed E-state index contributed by atoms with van der Waals surface area (Å²) in [4.78, 5) is 0. The highest BCUT2D eigenvalue weighted by Crippen LogP contribution is 2.01. The van der Waals surface area contributed by atoms with Gasteiger partial charge in [-0.05, 0) is 37.7 Å². The highest BCUT2D eigenvalue weighted by molar-refractivity contribution is 6.70. The lowest BCUT2D eigenvalue weighted by Gasteiger charge is -2.11. The van der Waals surface area contributed by atoms with Gasteiger partial charge in [0.05, 0.1) is 0 Å². The van der Waals surface area contributed by atoms with Gasteiger partial charge in [0, 0.05) is 5.56 Å². The summed E-state index contributed by atoms with van der Waals surface area (Å²) in [6.45, 7) is 6.35. The molecule has 0 radical (unpaired) electrons. The van der Waals surface area contributed by atoms with E-state index < -0.39 is 8.32 Å². The summed E-state index contributed by atoms with van der Waals surface area (Å²) in [6.07, 6.45) is 2.75. The zero-order valence-corrected chi connectivity index (χ0v) is 9.29. The van der Waals surface area contributed by atoms with Gasteiger partial charge in [-0.2, -0.15) is 0 Å². The number of benzene rings is 1. The van der Waals surface area contributed by atoms with Crippen LogP contribution in [0.3, 0.4) is 0 Å². The van der Waals surface area contributed by atoms with E-state index in [0.717, 1.165) is 5.56 Å². The minimum atomic E-state index is -1.48. The summed E-state index contributed by atoms with van der Waals surface area (Å²) < 4.78 is 5.41. The van der Waals surface area contributed by atoms with Gasteiger partial charge in [0.1, 0.15) is 6.11 Å². The van der Waals surface area contributed by atoms with Gasteiger partial charge in [-0.15, -0.1) is 0 Å². The SMILES string of the molecule is C[Si](C)(C)OC#Cc1ccccc1. The van der Waals surface area contributed by atoms with Crippen LogP contribution in [-0.2, 0) is 4.43 Å². The van der Waals surface area contributed by atoms with Crippen molar-refractivity contribution in [1.82, 2.24) is 0 Å². The van der Waals surface area contributed by atoms with Crippen LogP contribution in [0.5, 0.6) is 0 Å². The predicted octanol–water partition coefficient (Wildman–Crippen LogP) is 2.85. The van der Waals surface area contributed by atoms with Crippen LogP contribution in [0.2, 0.25) is 19.6 Å². The van der Waals surface area contributed by atoms with E-state index in [9.17, 15) is 0 Å². The Bertz CT molecular complexity index is 313. The van der Waals surface area contributed by atoms with Crippen molar-refractivity contribution in [1.29, 1.82) is 0 Å². The van der Waals surface area contributed by atoms with Crippen molar-refractivity contribution in [2.24, 2.45) is 0 Å². The summed E-state index contributed by atoms with van der Waals surface area (Å²) in [5.41, 5.74) is 1.00. The molecule has 1 rings (SSSR count). The predicted molar refractivity (Wildman–Crippen MR) is 57.8 cm³/mol. The topological polar surface area (TPSA) is 9.23 Å². The molecule has 0 saturated heterocycles. The largest absolute Gasteiger partial charge is 0.501 e. The Morgan fingerprint density at radius 3 is 2.23 bits per heavy atom. The maximum atomic E-state index is 5.41. The lowest BCUT2D eigenvalue weighted by molar-refractivity contribution is 0.519. The first kappa shape index (κ1) is 9.88. The zero-order valence-electron chi connectivity index (χ0n) is 8.29. The molecule has 0 N–H and O–H groups in total. The van der Waals surface area contributed by atoms with Gasteiger partial charge in [0.25, 0.3) is 8.32 Å². The Morgan fingerprint density at radius 1 is 1.08 bits per heavy atom. The molecule has 0 spiro atoms. The van der Waals surface area contributed by atoms with Gasteiger partial charge in [-0.1, -0.05) is 18.2 Å². The van der Waals surface area contributed by atoms with Crippen LogP contribution < -0.4 is 0 Å². The molecule has 1 aromatic rings. The molecular formula is C11H14OSi.